The molecule has 2 aromatic rings. The van der Waals surface area contributed by atoms with Gasteiger partial charge in [0.15, 0.2) is 0 Å². The summed E-state index contributed by atoms with van der Waals surface area (Å²) in [4.78, 5) is 13.0. The average molecular weight is 496 g/mol. The molecule has 9 nitrogen and oxygen atoms in total. The molecule has 1 atom stereocenters. The number of benzene rings is 2. The van der Waals surface area contributed by atoms with E-state index in [-0.39, 0.29) is 35.4 Å². The predicted octanol–water partition coefficient (Wildman–Crippen LogP) is 1.53. The fourth-order valence-electron chi connectivity index (χ4n) is 3.52. The number of nitrogens with one attached hydrogen (secondary N) is 1. The van der Waals surface area contributed by atoms with Crippen molar-refractivity contribution in [2.45, 2.75) is 22.6 Å². The molecule has 0 aromatic heterocycles. The third-order valence-electron chi connectivity index (χ3n) is 5.41. The topological polar surface area (TPSA) is 113 Å². The first kappa shape index (κ1) is 25.2. The third kappa shape index (κ3) is 6.11. The Bertz CT molecular complexity index is 1150. The number of carbonyl (C=O) groups is 1. The van der Waals surface area contributed by atoms with Gasteiger partial charge in [-0.25, -0.2) is 21.1 Å². The number of amides is 1. The fraction of sp³-hybridized carbons (Fsp3) is 0.409. The largest absolute Gasteiger partial charge is 0.492 e. The summed E-state index contributed by atoms with van der Waals surface area (Å²) in [6.45, 7) is 0.984. The Labute approximate surface area is 195 Å². The molecule has 0 aliphatic carbocycles. The smallest absolute Gasteiger partial charge is 0.243 e. The van der Waals surface area contributed by atoms with Gasteiger partial charge in [-0.15, -0.1) is 0 Å². The summed E-state index contributed by atoms with van der Waals surface area (Å²) in [5.74, 6) is -0.147. The van der Waals surface area contributed by atoms with Gasteiger partial charge in [0, 0.05) is 27.2 Å². The Kier molecular flexibility index (Phi) is 8.11. The second-order valence-corrected chi connectivity index (χ2v) is 12.0. The summed E-state index contributed by atoms with van der Waals surface area (Å²) in [7, 11) is -4.20. The number of hydrogen-bond acceptors (Lipinski definition) is 6. The van der Waals surface area contributed by atoms with Crippen LogP contribution in [-0.4, -0.2) is 71.7 Å². The lowest BCUT2D eigenvalue weighted by Crippen LogP contribution is -2.45. The SMILES string of the molecule is CN(C)S(=O)(=O)c1ccc(OCCNC(=O)C2CCCN(S(=O)(=O)c3ccccc3)C2)cc1. The highest BCUT2D eigenvalue weighted by Crippen LogP contribution is 2.24. The molecule has 1 N–H and O–H groups in total. The zero-order valence-electron chi connectivity index (χ0n) is 18.7. The first-order valence-electron chi connectivity index (χ1n) is 10.6. The molecule has 2 aromatic carbocycles. The van der Waals surface area contributed by atoms with Crippen LogP contribution in [0.25, 0.3) is 0 Å². The molecule has 1 heterocycles. The van der Waals surface area contributed by atoms with Crippen molar-refractivity contribution in [2.24, 2.45) is 5.92 Å². The maximum absolute atomic E-state index is 12.8. The van der Waals surface area contributed by atoms with Crippen LogP contribution in [0.5, 0.6) is 5.75 Å². The van der Waals surface area contributed by atoms with Crippen molar-refractivity contribution in [3.05, 3.63) is 54.6 Å². The predicted molar refractivity (Wildman–Crippen MR) is 124 cm³/mol. The van der Waals surface area contributed by atoms with E-state index in [2.05, 4.69) is 5.32 Å². The van der Waals surface area contributed by atoms with E-state index in [1.54, 1.807) is 42.5 Å². The molecule has 0 spiro atoms. The van der Waals surface area contributed by atoms with E-state index >= 15 is 0 Å². The lowest BCUT2D eigenvalue weighted by Gasteiger charge is -2.31. The van der Waals surface area contributed by atoms with Gasteiger partial charge in [0.2, 0.25) is 26.0 Å². The zero-order chi connectivity index (χ0) is 24.1. The van der Waals surface area contributed by atoms with E-state index in [1.807, 2.05) is 0 Å². The highest BCUT2D eigenvalue weighted by atomic mass is 32.2. The first-order valence-corrected chi connectivity index (χ1v) is 13.5. The molecule has 1 amide bonds. The average Bonchev–Trinajstić information content (AvgIpc) is 2.82. The van der Waals surface area contributed by atoms with Crippen LogP contribution in [0.2, 0.25) is 0 Å². The van der Waals surface area contributed by atoms with Crippen LogP contribution in [0.4, 0.5) is 0 Å². The summed E-state index contributed by atoms with van der Waals surface area (Å²) < 4.78 is 57.9. The number of hydrogen-bond donors (Lipinski definition) is 1. The Morgan fingerprint density at radius 1 is 1.03 bits per heavy atom. The first-order chi connectivity index (χ1) is 15.6. The summed E-state index contributed by atoms with van der Waals surface area (Å²) >= 11 is 0. The van der Waals surface area contributed by atoms with Crippen LogP contribution in [0.15, 0.2) is 64.4 Å². The van der Waals surface area contributed by atoms with Crippen LogP contribution in [-0.2, 0) is 24.8 Å². The van der Waals surface area contributed by atoms with Crippen molar-refractivity contribution in [2.75, 3.05) is 40.3 Å². The summed E-state index contributed by atoms with van der Waals surface area (Å²) in [6.07, 6.45) is 1.23. The lowest BCUT2D eigenvalue weighted by atomic mass is 9.99. The second-order valence-electron chi connectivity index (χ2n) is 7.91. The van der Waals surface area contributed by atoms with Crippen LogP contribution >= 0.6 is 0 Å². The molecular weight excluding hydrogens is 466 g/mol. The summed E-state index contributed by atoms with van der Waals surface area (Å²) in [5, 5.41) is 2.80. The molecule has 3 rings (SSSR count). The number of sulfonamides is 2. The Hall–Kier alpha value is -2.47. The van der Waals surface area contributed by atoms with Crippen LogP contribution < -0.4 is 10.1 Å². The normalized spacial score (nSPS) is 17.6. The van der Waals surface area contributed by atoms with E-state index in [0.29, 0.717) is 25.1 Å². The van der Waals surface area contributed by atoms with E-state index in [0.717, 1.165) is 4.31 Å². The summed E-state index contributed by atoms with van der Waals surface area (Å²) in [5.41, 5.74) is 0. The molecule has 33 heavy (non-hydrogen) atoms. The fourth-order valence-corrected chi connectivity index (χ4v) is 5.97. The molecule has 1 aliphatic rings. The van der Waals surface area contributed by atoms with Crippen molar-refractivity contribution in [3.63, 3.8) is 0 Å². The van der Waals surface area contributed by atoms with Crippen LogP contribution in [0.1, 0.15) is 12.8 Å². The standard InChI is InChI=1S/C22H29N3O6S2/c1-24(2)32(27,28)21-12-10-19(11-13-21)31-16-14-23-22(26)18-7-6-15-25(17-18)33(29,30)20-8-4-3-5-9-20/h3-5,8-13,18H,6-7,14-17H2,1-2H3,(H,23,26). The molecule has 0 saturated carbocycles. The number of piperidine rings is 1. The molecule has 11 heteroatoms. The van der Waals surface area contributed by atoms with Gasteiger partial charge in [-0.3, -0.25) is 4.79 Å². The maximum atomic E-state index is 12.8. The Balaban J connectivity index is 1.48. The Morgan fingerprint density at radius 2 is 1.70 bits per heavy atom. The molecule has 1 fully saturated rings. The van der Waals surface area contributed by atoms with Crippen molar-refractivity contribution >= 4 is 26.0 Å². The van der Waals surface area contributed by atoms with Crippen molar-refractivity contribution in [3.8, 4) is 5.75 Å². The summed E-state index contributed by atoms with van der Waals surface area (Å²) in [6, 6.07) is 14.3. The Morgan fingerprint density at radius 3 is 2.33 bits per heavy atom. The minimum atomic E-state index is -3.63. The molecule has 1 saturated heterocycles. The van der Waals surface area contributed by atoms with Gasteiger partial charge in [-0.05, 0) is 49.2 Å². The van der Waals surface area contributed by atoms with Gasteiger partial charge in [0.05, 0.1) is 22.3 Å². The van der Waals surface area contributed by atoms with Crippen molar-refractivity contribution < 1.29 is 26.4 Å². The quantitative estimate of drug-likeness (QED) is 0.528. The van der Waals surface area contributed by atoms with E-state index in [1.165, 1.54) is 30.5 Å². The van der Waals surface area contributed by atoms with Crippen molar-refractivity contribution in [1.82, 2.24) is 13.9 Å². The maximum Gasteiger partial charge on any atom is 0.243 e. The third-order valence-corrected chi connectivity index (χ3v) is 9.12. The zero-order valence-corrected chi connectivity index (χ0v) is 20.3. The minimum Gasteiger partial charge on any atom is -0.492 e. The number of nitrogens with zero attached hydrogens (tertiary/aromatic N) is 2. The van der Waals surface area contributed by atoms with Gasteiger partial charge in [-0.1, -0.05) is 18.2 Å². The molecule has 1 unspecified atom stereocenters. The van der Waals surface area contributed by atoms with Crippen LogP contribution in [0.3, 0.4) is 0 Å². The molecule has 0 radical (unpaired) electrons. The lowest BCUT2D eigenvalue weighted by molar-refractivity contribution is -0.126. The minimum absolute atomic E-state index is 0.145. The molecule has 0 bridgehead atoms. The van der Waals surface area contributed by atoms with E-state index in [9.17, 15) is 21.6 Å². The second kappa shape index (κ2) is 10.6. The van der Waals surface area contributed by atoms with Crippen LogP contribution in [0, 0.1) is 5.92 Å². The number of carbonyl (C=O) groups excluding carboxylic acids is 1. The number of ether oxygens (including phenoxy) is 1. The van der Waals surface area contributed by atoms with Crippen molar-refractivity contribution in [1.29, 1.82) is 0 Å². The van der Waals surface area contributed by atoms with E-state index in [4.69, 9.17) is 4.74 Å². The molecule has 180 valence electrons. The van der Waals surface area contributed by atoms with Gasteiger partial charge in [0.1, 0.15) is 12.4 Å². The van der Waals surface area contributed by atoms with E-state index < -0.39 is 26.0 Å². The highest BCUT2D eigenvalue weighted by Gasteiger charge is 2.33. The van der Waals surface area contributed by atoms with Gasteiger partial charge >= 0.3 is 0 Å². The monoisotopic (exact) mass is 495 g/mol. The highest BCUT2D eigenvalue weighted by molar-refractivity contribution is 7.89. The van der Waals surface area contributed by atoms with Gasteiger partial charge in [0.25, 0.3) is 0 Å². The van der Waals surface area contributed by atoms with Gasteiger partial charge in [-0.2, -0.15) is 4.31 Å². The van der Waals surface area contributed by atoms with Gasteiger partial charge < -0.3 is 10.1 Å². The molecular formula is C22H29N3O6S2. The number of rotatable bonds is 9. The molecule has 1 aliphatic heterocycles.